The highest BCUT2D eigenvalue weighted by Crippen LogP contribution is 2.16. The van der Waals surface area contributed by atoms with Crippen LogP contribution < -0.4 is 15.8 Å². The first-order valence-corrected chi connectivity index (χ1v) is 10.4. The van der Waals surface area contributed by atoms with Crippen LogP contribution in [0.15, 0.2) is 46.7 Å². The Balaban J connectivity index is 1.78. The van der Waals surface area contributed by atoms with Crippen molar-refractivity contribution in [3.05, 3.63) is 52.2 Å². The Hall–Kier alpha value is -2.23. The van der Waals surface area contributed by atoms with Crippen molar-refractivity contribution in [1.29, 1.82) is 0 Å². The SMILES string of the molecule is CC(NC(=O)CCCNC(=O)c1cccs1)c1cccc(S(N)(=O)=O)c1. The molecule has 9 heteroatoms. The molecule has 2 amide bonds. The number of amides is 2. The molecule has 0 bridgehead atoms. The Morgan fingerprint density at radius 2 is 2.00 bits per heavy atom. The van der Waals surface area contributed by atoms with E-state index in [1.807, 2.05) is 5.38 Å². The van der Waals surface area contributed by atoms with E-state index < -0.39 is 10.0 Å². The molecule has 0 aliphatic carbocycles. The molecule has 2 aromatic rings. The molecule has 26 heavy (non-hydrogen) atoms. The van der Waals surface area contributed by atoms with Crippen molar-refractivity contribution in [3.63, 3.8) is 0 Å². The van der Waals surface area contributed by atoms with E-state index in [9.17, 15) is 18.0 Å². The molecular weight excluding hydrogens is 374 g/mol. The van der Waals surface area contributed by atoms with Crippen LogP contribution in [0.1, 0.15) is 41.0 Å². The lowest BCUT2D eigenvalue weighted by Crippen LogP contribution is -2.29. The Labute approximate surface area is 156 Å². The van der Waals surface area contributed by atoms with Gasteiger partial charge in [-0.1, -0.05) is 18.2 Å². The van der Waals surface area contributed by atoms with Gasteiger partial charge in [-0.05, 0) is 42.5 Å². The minimum absolute atomic E-state index is 0.00684. The number of nitrogens with one attached hydrogen (secondary N) is 2. The Morgan fingerprint density at radius 1 is 1.23 bits per heavy atom. The lowest BCUT2D eigenvalue weighted by atomic mass is 10.1. The molecule has 0 radical (unpaired) electrons. The first-order chi connectivity index (χ1) is 12.3. The summed E-state index contributed by atoms with van der Waals surface area (Å²) in [7, 11) is -3.78. The summed E-state index contributed by atoms with van der Waals surface area (Å²) in [5, 5.41) is 12.5. The van der Waals surface area contributed by atoms with Gasteiger partial charge in [0.15, 0.2) is 0 Å². The Morgan fingerprint density at radius 3 is 2.65 bits per heavy atom. The summed E-state index contributed by atoms with van der Waals surface area (Å²) in [4.78, 5) is 24.4. The molecule has 1 aromatic carbocycles. The van der Waals surface area contributed by atoms with Crippen molar-refractivity contribution in [3.8, 4) is 0 Å². The molecule has 4 N–H and O–H groups in total. The van der Waals surface area contributed by atoms with Gasteiger partial charge in [0.25, 0.3) is 5.91 Å². The predicted octanol–water partition coefficient (Wildman–Crippen LogP) is 1.78. The fourth-order valence-electron chi connectivity index (χ4n) is 2.30. The molecule has 0 saturated heterocycles. The van der Waals surface area contributed by atoms with E-state index in [0.29, 0.717) is 23.4 Å². The average Bonchev–Trinajstić information content (AvgIpc) is 3.12. The van der Waals surface area contributed by atoms with Crippen molar-refractivity contribution < 1.29 is 18.0 Å². The molecule has 1 atom stereocenters. The van der Waals surface area contributed by atoms with Crippen LogP contribution in [0.5, 0.6) is 0 Å². The molecule has 1 unspecified atom stereocenters. The molecule has 0 aliphatic rings. The van der Waals surface area contributed by atoms with Crippen molar-refractivity contribution in [2.24, 2.45) is 5.14 Å². The third kappa shape index (κ3) is 5.94. The summed E-state index contributed by atoms with van der Waals surface area (Å²) in [6.07, 6.45) is 0.761. The van der Waals surface area contributed by atoms with Crippen LogP contribution in [-0.2, 0) is 14.8 Å². The van der Waals surface area contributed by atoms with Crippen LogP contribution in [0.25, 0.3) is 0 Å². The van der Waals surface area contributed by atoms with Crippen molar-refractivity contribution in [1.82, 2.24) is 10.6 Å². The highest BCUT2D eigenvalue weighted by molar-refractivity contribution is 7.89. The highest BCUT2D eigenvalue weighted by atomic mass is 32.2. The lowest BCUT2D eigenvalue weighted by molar-refractivity contribution is -0.121. The van der Waals surface area contributed by atoms with Crippen LogP contribution in [0, 0.1) is 0 Å². The molecule has 1 aromatic heterocycles. The van der Waals surface area contributed by atoms with Gasteiger partial charge in [-0.2, -0.15) is 0 Å². The predicted molar refractivity (Wildman–Crippen MR) is 100 cm³/mol. The number of rotatable bonds is 8. The first kappa shape index (κ1) is 20.1. The van der Waals surface area contributed by atoms with Gasteiger partial charge >= 0.3 is 0 Å². The number of benzene rings is 1. The van der Waals surface area contributed by atoms with Gasteiger partial charge < -0.3 is 10.6 Å². The summed E-state index contributed by atoms with van der Waals surface area (Å²) < 4.78 is 22.8. The normalized spacial score (nSPS) is 12.4. The smallest absolute Gasteiger partial charge is 0.261 e. The van der Waals surface area contributed by atoms with Crippen LogP contribution in [-0.4, -0.2) is 26.8 Å². The van der Waals surface area contributed by atoms with E-state index in [2.05, 4.69) is 10.6 Å². The molecular formula is C17H21N3O4S2. The van der Waals surface area contributed by atoms with Gasteiger partial charge in [-0.15, -0.1) is 11.3 Å². The highest BCUT2D eigenvalue weighted by Gasteiger charge is 2.13. The van der Waals surface area contributed by atoms with Gasteiger partial charge in [0.2, 0.25) is 15.9 Å². The van der Waals surface area contributed by atoms with Gasteiger partial charge in [-0.25, -0.2) is 13.6 Å². The molecule has 0 saturated carbocycles. The number of carbonyl (C=O) groups excluding carboxylic acids is 2. The van der Waals surface area contributed by atoms with Crippen molar-refractivity contribution >= 4 is 33.2 Å². The van der Waals surface area contributed by atoms with E-state index in [1.165, 1.54) is 23.5 Å². The number of hydrogen-bond acceptors (Lipinski definition) is 5. The van der Waals surface area contributed by atoms with E-state index in [4.69, 9.17) is 5.14 Å². The number of sulfonamides is 1. The minimum Gasteiger partial charge on any atom is -0.351 e. The van der Waals surface area contributed by atoms with E-state index in [0.717, 1.165) is 0 Å². The van der Waals surface area contributed by atoms with Crippen LogP contribution in [0.2, 0.25) is 0 Å². The second kappa shape index (κ2) is 8.93. The summed E-state index contributed by atoms with van der Waals surface area (Å²) in [5.74, 6) is -0.322. The first-order valence-electron chi connectivity index (χ1n) is 8.01. The van der Waals surface area contributed by atoms with Gasteiger partial charge in [0.05, 0.1) is 15.8 Å². The molecule has 140 valence electrons. The summed E-state index contributed by atoms with van der Waals surface area (Å²) >= 11 is 1.36. The standard InChI is InChI=1S/C17H21N3O4S2/c1-12(13-5-2-6-14(11-13)26(18,23)24)20-16(21)8-3-9-19-17(22)15-7-4-10-25-15/h2,4-7,10-12H,3,8-9H2,1H3,(H,19,22)(H,20,21)(H2,18,23,24). The number of thiophene rings is 1. The average molecular weight is 396 g/mol. The maximum atomic E-state index is 12.0. The van der Waals surface area contributed by atoms with Crippen LogP contribution >= 0.6 is 11.3 Å². The zero-order valence-electron chi connectivity index (χ0n) is 14.3. The van der Waals surface area contributed by atoms with Gasteiger partial charge in [-0.3, -0.25) is 9.59 Å². The van der Waals surface area contributed by atoms with Crippen LogP contribution in [0.3, 0.4) is 0 Å². The zero-order valence-corrected chi connectivity index (χ0v) is 15.9. The summed E-state index contributed by atoms with van der Waals surface area (Å²) in [6, 6.07) is 9.35. The maximum absolute atomic E-state index is 12.0. The van der Waals surface area contributed by atoms with Crippen molar-refractivity contribution in [2.75, 3.05) is 6.54 Å². The van der Waals surface area contributed by atoms with E-state index in [1.54, 1.807) is 31.2 Å². The second-order valence-corrected chi connectivity index (χ2v) is 8.25. The molecule has 7 nitrogen and oxygen atoms in total. The topological polar surface area (TPSA) is 118 Å². The molecule has 1 heterocycles. The third-order valence-electron chi connectivity index (χ3n) is 3.68. The maximum Gasteiger partial charge on any atom is 0.261 e. The largest absolute Gasteiger partial charge is 0.351 e. The van der Waals surface area contributed by atoms with Gasteiger partial charge in [0.1, 0.15) is 0 Å². The number of primary sulfonamides is 1. The molecule has 0 spiro atoms. The Bertz CT molecular complexity index is 864. The van der Waals surface area contributed by atoms with E-state index >= 15 is 0 Å². The quantitative estimate of drug-likeness (QED) is 0.590. The summed E-state index contributed by atoms with van der Waals surface area (Å²) in [6.45, 7) is 2.16. The molecule has 2 rings (SSSR count). The minimum atomic E-state index is -3.78. The summed E-state index contributed by atoms with van der Waals surface area (Å²) in [5.41, 5.74) is 0.649. The number of carbonyl (C=O) groups is 2. The monoisotopic (exact) mass is 395 g/mol. The van der Waals surface area contributed by atoms with Gasteiger partial charge in [0, 0.05) is 13.0 Å². The lowest BCUT2D eigenvalue weighted by Gasteiger charge is -2.15. The molecule has 0 fully saturated rings. The fourth-order valence-corrected chi connectivity index (χ4v) is 3.51. The Kier molecular flexibility index (Phi) is 6.90. The number of hydrogen-bond donors (Lipinski definition) is 3. The second-order valence-electron chi connectivity index (χ2n) is 5.74. The third-order valence-corrected chi connectivity index (χ3v) is 5.45. The van der Waals surface area contributed by atoms with Crippen molar-refractivity contribution in [2.45, 2.75) is 30.7 Å². The van der Waals surface area contributed by atoms with E-state index in [-0.39, 0.29) is 29.2 Å². The number of nitrogens with two attached hydrogens (primary N) is 1. The zero-order chi connectivity index (χ0) is 19.2. The molecule has 0 aliphatic heterocycles. The van der Waals surface area contributed by atoms with Crippen LogP contribution in [0.4, 0.5) is 0 Å². The fraction of sp³-hybridized carbons (Fsp3) is 0.294.